The van der Waals surface area contributed by atoms with Crippen LogP contribution in [0.15, 0.2) is 28.7 Å². The fourth-order valence-electron chi connectivity index (χ4n) is 1.90. The number of rotatable bonds is 2. The summed E-state index contributed by atoms with van der Waals surface area (Å²) in [6, 6.07) is 7.89. The summed E-state index contributed by atoms with van der Waals surface area (Å²) in [6.07, 6.45) is 0.856. The molecule has 2 aromatic carbocycles. The Labute approximate surface area is 102 Å². The van der Waals surface area contributed by atoms with Crippen molar-refractivity contribution in [2.45, 2.75) is 6.92 Å². The normalized spacial score (nSPS) is 10.4. The summed E-state index contributed by atoms with van der Waals surface area (Å²) >= 11 is 3.42. The van der Waals surface area contributed by atoms with Crippen molar-refractivity contribution < 1.29 is 9.53 Å². The number of carbonyl (C=O) groups is 1. The SMILES string of the molecule is COc1c(Br)c(C=O)c(C)c2ccccc12. The molecule has 2 aromatic rings. The second-order valence-corrected chi connectivity index (χ2v) is 4.34. The highest BCUT2D eigenvalue weighted by Gasteiger charge is 2.14. The Morgan fingerprint density at radius 3 is 2.44 bits per heavy atom. The fraction of sp³-hybridized carbons (Fsp3) is 0.154. The molecule has 0 aromatic heterocycles. The molecule has 2 nitrogen and oxygen atoms in total. The van der Waals surface area contributed by atoms with Crippen LogP contribution in [-0.4, -0.2) is 13.4 Å². The molecular formula is C13H11BrO2. The molecule has 0 heterocycles. The van der Waals surface area contributed by atoms with Gasteiger partial charge in [-0.2, -0.15) is 0 Å². The average Bonchev–Trinajstić information content (AvgIpc) is 2.30. The molecule has 0 fully saturated rings. The third kappa shape index (κ3) is 1.52. The minimum Gasteiger partial charge on any atom is -0.495 e. The van der Waals surface area contributed by atoms with Crippen LogP contribution in [0.3, 0.4) is 0 Å². The van der Waals surface area contributed by atoms with Gasteiger partial charge in [-0.05, 0) is 33.8 Å². The zero-order chi connectivity index (χ0) is 11.7. The Bertz CT molecular complexity index is 561. The number of benzene rings is 2. The maximum atomic E-state index is 11.1. The molecule has 0 bridgehead atoms. The number of aryl methyl sites for hydroxylation is 1. The highest BCUT2D eigenvalue weighted by atomic mass is 79.9. The van der Waals surface area contributed by atoms with Crippen molar-refractivity contribution >= 4 is 33.0 Å². The highest BCUT2D eigenvalue weighted by molar-refractivity contribution is 9.10. The van der Waals surface area contributed by atoms with Crippen molar-refractivity contribution in [1.29, 1.82) is 0 Å². The van der Waals surface area contributed by atoms with E-state index in [1.165, 1.54) is 0 Å². The molecular weight excluding hydrogens is 268 g/mol. The van der Waals surface area contributed by atoms with Crippen LogP contribution in [0.1, 0.15) is 15.9 Å². The summed E-state index contributed by atoms with van der Waals surface area (Å²) in [5.74, 6) is 0.711. The monoisotopic (exact) mass is 278 g/mol. The smallest absolute Gasteiger partial charge is 0.151 e. The van der Waals surface area contributed by atoms with Crippen LogP contribution in [0.5, 0.6) is 5.75 Å². The van der Waals surface area contributed by atoms with Crippen molar-refractivity contribution in [3.05, 3.63) is 39.9 Å². The van der Waals surface area contributed by atoms with Gasteiger partial charge in [-0.3, -0.25) is 4.79 Å². The minimum absolute atomic E-state index is 0.649. The van der Waals surface area contributed by atoms with Crippen LogP contribution in [0.4, 0.5) is 0 Å². The second kappa shape index (κ2) is 4.26. The van der Waals surface area contributed by atoms with Crippen molar-refractivity contribution in [2.24, 2.45) is 0 Å². The first-order valence-electron chi connectivity index (χ1n) is 4.90. The Kier molecular flexibility index (Phi) is 2.97. The maximum Gasteiger partial charge on any atom is 0.151 e. The van der Waals surface area contributed by atoms with E-state index in [2.05, 4.69) is 15.9 Å². The molecule has 0 aliphatic rings. The van der Waals surface area contributed by atoms with Crippen LogP contribution in [0.25, 0.3) is 10.8 Å². The van der Waals surface area contributed by atoms with Crippen molar-refractivity contribution in [3.63, 3.8) is 0 Å². The van der Waals surface area contributed by atoms with E-state index in [4.69, 9.17) is 4.74 Å². The van der Waals surface area contributed by atoms with Gasteiger partial charge in [0, 0.05) is 10.9 Å². The first-order chi connectivity index (χ1) is 7.70. The lowest BCUT2D eigenvalue weighted by Crippen LogP contribution is -1.95. The summed E-state index contributed by atoms with van der Waals surface area (Å²) < 4.78 is 6.07. The van der Waals surface area contributed by atoms with Crippen molar-refractivity contribution in [1.82, 2.24) is 0 Å². The molecule has 0 aliphatic heterocycles. The maximum absolute atomic E-state index is 11.1. The van der Waals surface area contributed by atoms with Crippen molar-refractivity contribution in [3.8, 4) is 5.75 Å². The molecule has 2 rings (SSSR count). The van der Waals surface area contributed by atoms with Gasteiger partial charge in [0.15, 0.2) is 6.29 Å². The summed E-state index contributed by atoms with van der Waals surface area (Å²) in [5, 5.41) is 2.06. The molecule has 0 atom stereocenters. The summed E-state index contributed by atoms with van der Waals surface area (Å²) in [4.78, 5) is 11.1. The number of carbonyl (C=O) groups excluding carboxylic acids is 1. The lowest BCUT2D eigenvalue weighted by molar-refractivity contribution is 0.112. The largest absolute Gasteiger partial charge is 0.495 e. The standard InChI is InChI=1S/C13H11BrO2/c1-8-9-5-3-4-6-10(9)13(16-2)12(14)11(8)7-15/h3-7H,1-2H3. The topological polar surface area (TPSA) is 26.3 Å². The lowest BCUT2D eigenvalue weighted by atomic mass is 10.00. The number of aldehydes is 1. The van der Waals surface area contributed by atoms with Crippen LogP contribution in [-0.2, 0) is 0 Å². The van der Waals surface area contributed by atoms with Gasteiger partial charge < -0.3 is 4.74 Å². The van der Waals surface area contributed by atoms with Gasteiger partial charge in [0.25, 0.3) is 0 Å². The van der Waals surface area contributed by atoms with E-state index in [0.29, 0.717) is 11.3 Å². The number of fused-ring (bicyclic) bond motifs is 1. The molecule has 0 radical (unpaired) electrons. The predicted molar refractivity (Wildman–Crippen MR) is 68.3 cm³/mol. The zero-order valence-electron chi connectivity index (χ0n) is 9.08. The summed E-state index contributed by atoms with van der Waals surface area (Å²) in [6.45, 7) is 1.94. The van der Waals surface area contributed by atoms with Gasteiger partial charge in [-0.1, -0.05) is 24.3 Å². The third-order valence-electron chi connectivity index (χ3n) is 2.74. The number of methoxy groups -OCH3 is 1. The van der Waals surface area contributed by atoms with E-state index >= 15 is 0 Å². The van der Waals surface area contributed by atoms with Gasteiger partial charge in [0.2, 0.25) is 0 Å². The Balaban J connectivity index is 2.99. The van der Waals surface area contributed by atoms with Crippen LogP contribution < -0.4 is 4.74 Å². The number of hydrogen-bond donors (Lipinski definition) is 0. The number of hydrogen-bond acceptors (Lipinski definition) is 2. The molecule has 0 spiro atoms. The van der Waals surface area contributed by atoms with E-state index in [-0.39, 0.29) is 0 Å². The summed E-state index contributed by atoms with van der Waals surface area (Å²) in [5.41, 5.74) is 1.62. The zero-order valence-corrected chi connectivity index (χ0v) is 10.7. The molecule has 0 saturated heterocycles. The highest BCUT2D eigenvalue weighted by Crippen LogP contribution is 2.38. The average molecular weight is 279 g/mol. The van der Waals surface area contributed by atoms with E-state index in [9.17, 15) is 4.79 Å². The third-order valence-corrected chi connectivity index (χ3v) is 3.52. The molecule has 3 heteroatoms. The Hall–Kier alpha value is -1.35. The quantitative estimate of drug-likeness (QED) is 0.783. The first-order valence-corrected chi connectivity index (χ1v) is 5.70. The Morgan fingerprint density at radius 1 is 1.25 bits per heavy atom. The Morgan fingerprint density at radius 2 is 1.88 bits per heavy atom. The van der Waals surface area contributed by atoms with Crippen LogP contribution in [0, 0.1) is 6.92 Å². The second-order valence-electron chi connectivity index (χ2n) is 3.55. The van der Waals surface area contributed by atoms with Gasteiger partial charge >= 0.3 is 0 Å². The van der Waals surface area contributed by atoms with Crippen molar-refractivity contribution in [2.75, 3.05) is 7.11 Å². The van der Waals surface area contributed by atoms with E-state index < -0.39 is 0 Å². The first kappa shape index (κ1) is 11.1. The van der Waals surface area contributed by atoms with Gasteiger partial charge in [0.1, 0.15) is 5.75 Å². The lowest BCUT2D eigenvalue weighted by Gasteiger charge is -2.13. The molecule has 0 unspecified atom stereocenters. The van der Waals surface area contributed by atoms with E-state index in [1.54, 1.807) is 7.11 Å². The predicted octanol–water partition coefficient (Wildman–Crippen LogP) is 3.73. The summed E-state index contributed by atoms with van der Waals surface area (Å²) in [7, 11) is 1.61. The van der Waals surface area contributed by atoms with Gasteiger partial charge in [-0.25, -0.2) is 0 Å². The van der Waals surface area contributed by atoms with E-state index in [1.807, 2.05) is 31.2 Å². The van der Waals surface area contributed by atoms with E-state index in [0.717, 1.165) is 27.1 Å². The number of halogens is 1. The minimum atomic E-state index is 0.649. The number of ether oxygens (including phenoxy) is 1. The fourth-order valence-corrected chi connectivity index (χ4v) is 2.66. The van der Waals surface area contributed by atoms with Crippen LogP contribution in [0.2, 0.25) is 0 Å². The molecule has 0 saturated carbocycles. The molecule has 0 amide bonds. The molecule has 82 valence electrons. The van der Waals surface area contributed by atoms with Crippen LogP contribution >= 0.6 is 15.9 Å². The molecule has 0 N–H and O–H groups in total. The van der Waals surface area contributed by atoms with Gasteiger partial charge in [-0.15, -0.1) is 0 Å². The molecule has 16 heavy (non-hydrogen) atoms. The molecule has 0 aliphatic carbocycles. The van der Waals surface area contributed by atoms with Gasteiger partial charge in [0.05, 0.1) is 11.6 Å².